The average Bonchev–Trinajstić information content (AvgIpc) is 3.11. The number of aromatic nitrogens is 3. The first kappa shape index (κ1) is 24.3. The molecule has 3 aromatic rings. The van der Waals surface area contributed by atoms with Gasteiger partial charge in [0.15, 0.2) is 0 Å². The summed E-state index contributed by atoms with van der Waals surface area (Å²) in [4.78, 5) is 26.7. The van der Waals surface area contributed by atoms with Crippen molar-refractivity contribution in [3.05, 3.63) is 40.4 Å². The Kier molecular flexibility index (Phi) is 6.83. The molecule has 0 saturated heterocycles. The number of benzene rings is 1. The normalized spacial score (nSPS) is 11.8. The van der Waals surface area contributed by atoms with Crippen LogP contribution in [0.3, 0.4) is 0 Å². The number of hydrogen-bond donors (Lipinski definition) is 0. The minimum absolute atomic E-state index is 0.118. The second-order valence-electron chi connectivity index (χ2n) is 9.11. The van der Waals surface area contributed by atoms with E-state index in [1.807, 2.05) is 44.9 Å². The third-order valence-corrected chi connectivity index (χ3v) is 5.24. The summed E-state index contributed by atoms with van der Waals surface area (Å²) in [6.45, 7) is 6.07. The summed E-state index contributed by atoms with van der Waals surface area (Å²) >= 11 is 0. The molecule has 0 atom stereocenters. The molecule has 2 heterocycles. The third kappa shape index (κ3) is 5.19. The third-order valence-electron chi connectivity index (χ3n) is 5.24. The van der Waals surface area contributed by atoms with Gasteiger partial charge in [-0.2, -0.15) is 5.10 Å². The van der Waals surface area contributed by atoms with Crippen LogP contribution in [0, 0.1) is 0 Å². The van der Waals surface area contributed by atoms with E-state index in [4.69, 9.17) is 14.2 Å². The number of ether oxygens (including phenoxy) is 3. The van der Waals surface area contributed by atoms with Crippen LogP contribution in [0.5, 0.6) is 11.5 Å². The van der Waals surface area contributed by atoms with Gasteiger partial charge in [-0.3, -0.25) is 19.2 Å². The number of methoxy groups -OCH3 is 2. The molecular weight excluding hydrogens is 424 g/mol. The molecule has 0 spiro atoms. The SMILES string of the molecule is COc1cc(-c2cn(C)c(=O)c3c2cnn3C)cc(OC)c1CN(C)CC(=O)OC(C)(C)C. The van der Waals surface area contributed by atoms with E-state index in [0.717, 1.165) is 22.1 Å². The molecule has 0 aliphatic rings. The van der Waals surface area contributed by atoms with Crippen LogP contribution in [0.2, 0.25) is 0 Å². The number of likely N-dealkylation sites (N-methyl/N-ethyl adjacent to an activating group) is 1. The molecule has 1 aromatic carbocycles. The lowest BCUT2D eigenvalue weighted by molar-refractivity contribution is -0.155. The minimum Gasteiger partial charge on any atom is -0.496 e. The summed E-state index contributed by atoms with van der Waals surface area (Å²) in [7, 11) is 8.49. The first-order valence-electron chi connectivity index (χ1n) is 10.6. The molecule has 2 aromatic heterocycles. The zero-order valence-corrected chi connectivity index (χ0v) is 20.6. The van der Waals surface area contributed by atoms with Crippen molar-refractivity contribution in [2.24, 2.45) is 14.1 Å². The van der Waals surface area contributed by atoms with Gasteiger partial charge in [0.2, 0.25) is 0 Å². The molecule has 0 aliphatic carbocycles. The topological polar surface area (TPSA) is 87.8 Å². The maximum Gasteiger partial charge on any atom is 0.320 e. The van der Waals surface area contributed by atoms with Crippen LogP contribution in [0.25, 0.3) is 22.0 Å². The van der Waals surface area contributed by atoms with E-state index in [-0.39, 0.29) is 18.1 Å². The molecule has 178 valence electrons. The Morgan fingerprint density at radius 3 is 2.27 bits per heavy atom. The van der Waals surface area contributed by atoms with Crippen LogP contribution in [0.1, 0.15) is 26.3 Å². The maximum absolute atomic E-state index is 12.6. The summed E-state index contributed by atoms with van der Waals surface area (Å²) < 4.78 is 19.9. The standard InChI is InChI=1S/C24H32N4O5/c1-24(2,3)33-21(29)14-26(4)12-18-19(31-7)9-15(10-20(18)32-8)17-13-27(5)23(30)22-16(17)11-25-28(22)6/h9-11,13H,12,14H2,1-8H3. The highest BCUT2D eigenvalue weighted by molar-refractivity contribution is 5.94. The summed E-state index contributed by atoms with van der Waals surface area (Å²) in [5.74, 6) is 0.932. The maximum atomic E-state index is 12.6. The molecule has 33 heavy (non-hydrogen) atoms. The monoisotopic (exact) mass is 456 g/mol. The quantitative estimate of drug-likeness (QED) is 0.505. The Bertz CT molecular complexity index is 1210. The second-order valence-corrected chi connectivity index (χ2v) is 9.11. The van der Waals surface area contributed by atoms with Gasteiger partial charge in [0.05, 0.1) is 32.5 Å². The van der Waals surface area contributed by atoms with Gasteiger partial charge in [-0.25, -0.2) is 0 Å². The second kappa shape index (κ2) is 9.27. The van der Waals surface area contributed by atoms with Crippen LogP contribution in [-0.2, 0) is 30.2 Å². The zero-order valence-electron chi connectivity index (χ0n) is 20.6. The van der Waals surface area contributed by atoms with Crippen LogP contribution in [0.15, 0.2) is 29.3 Å². The summed E-state index contributed by atoms with van der Waals surface area (Å²) in [5, 5.41) is 5.02. The molecule has 3 rings (SSSR count). The van der Waals surface area contributed by atoms with Crippen molar-refractivity contribution in [3.63, 3.8) is 0 Å². The van der Waals surface area contributed by atoms with E-state index in [2.05, 4.69) is 5.10 Å². The average molecular weight is 457 g/mol. The smallest absolute Gasteiger partial charge is 0.320 e. The molecule has 0 aliphatic heterocycles. The highest BCUT2D eigenvalue weighted by Crippen LogP contribution is 2.37. The zero-order chi connectivity index (χ0) is 24.5. The molecule has 0 N–H and O–H groups in total. The van der Waals surface area contributed by atoms with Gasteiger partial charge >= 0.3 is 5.97 Å². The van der Waals surface area contributed by atoms with Crippen molar-refractivity contribution in [2.75, 3.05) is 27.8 Å². The van der Waals surface area contributed by atoms with Gasteiger partial charge in [-0.15, -0.1) is 0 Å². The fraction of sp³-hybridized carbons (Fsp3) is 0.458. The predicted octanol–water partition coefficient (Wildman–Crippen LogP) is 2.73. The van der Waals surface area contributed by atoms with E-state index in [1.165, 1.54) is 0 Å². The molecular formula is C24H32N4O5. The minimum atomic E-state index is -0.539. The summed E-state index contributed by atoms with van der Waals surface area (Å²) in [6.07, 6.45) is 3.47. The first-order chi connectivity index (χ1) is 15.4. The summed E-state index contributed by atoms with van der Waals surface area (Å²) in [6, 6.07) is 3.82. The van der Waals surface area contributed by atoms with Gasteiger partial charge in [0.25, 0.3) is 5.56 Å². The highest BCUT2D eigenvalue weighted by Gasteiger charge is 2.21. The van der Waals surface area contributed by atoms with Crippen molar-refractivity contribution < 1.29 is 19.0 Å². The van der Waals surface area contributed by atoms with Gasteiger partial charge < -0.3 is 18.8 Å². The van der Waals surface area contributed by atoms with Crippen molar-refractivity contribution in [3.8, 4) is 22.6 Å². The van der Waals surface area contributed by atoms with E-state index < -0.39 is 5.60 Å². The molecule has 0 bridgehead atoms. The van der Waals surface area contributed by atoms with E-state index in [9.17, 15) is 9.59 Å². The van der Waals surface area contributed by atoms with Crippen molar-refractivity contribution in [1.29, 1.82) is 0 Å². The van der Waals surface area contributed by atoms with E-state index in [1.54, 1.807) is 50.0 Å². The molecule has 9 nitrogen and oxygen atoms in total. The lowest BCUT2D eigenvalue weighted by Gasteiger charge is -2.24. The lowest BCUT2D eigenvalue weighted by Crippen LogP contribution is -2.32. The Morgan fingerprint density at radius 2 is 1.73 bits per heavy atom. The number of esters is 1. The number of nitrogens with zero attached hydrogens (tertiary/aromatic N) is 4. The van der Waals surface area contributed by atoms with Crippen molar-refractivity contribution in [1.82, 2.24) is 19.2 Å². The Hall–Kier alpha value is -3.33. The number of carbonyl (C=O) groups is 1. The number of aryl methyl sites for hydroxylation is 2. The largest absolute Gasteiger partial charge is 0.496 e. The Balaban J connectivity index is 2.01. The fourth-order valence-electron chi connectivity index (χ4n) is 3.82. The number of hydrogen-bond acceptors (Lipinski definition) is 7. The van der Waals surface area contributed by atoms with E-state index in [0.29, 0.717) is 23.6 Å². The molecule has 9 heteroatoms. The molecule has 0 unspecified atom stereocenters. The Labute approximate surface area is 193 Å². The predicted molar refractivity (Wildman–Crippen MR) is 127 cm³/mol. The first-order valence-corrected chi connectivity index (χ1v) is 10.6. The number of fused-ring (bicyclic) bond motifs is 1. The lowest BCUT2D eigenvalue weighted by atomic mass is 10.0. The van der Waals surface area contributed by atoms with Crippen LogP contribution >= 0.6 is 0 Å². The summed E-state index contributed by atoms with van der Waals surface area (Å²) in [5.41, 5.74) is 2.34. The van der Waals surface area contributed by atoms with Gasteiger partial charge in [0, 0.05) is 37.8 Å². The number of carbonyl (C=O) groups excluding carboxylic acids is 1. The van der Waals surface area contributed by atoms with Crippen LogP contribution in [-0.4, -0.2) is 58.6 Å². The number of pyridine rings is 1. The number of rotatable bonds is 7. The molecule has 0 radical (unpaired) electrons. The fourth-order valence-corrected chi connectivity index (χ4v) is 3.82. The van der Waals surface area contributed by atoms with Gasteiger partial charge in [-0.1, -0.05) is 0 Å². The van der Waals surface area contributed by atoms with Crippen LogP contribution in [0.4, 0.5) is 0 Å². The highest BCUT2D eigenvalue weighted by atomic mass is 16.6. The van der Waals surface area contributed by atoms with Crippen LogP contribution < -0.4 is 15.0 Å². The van der Waals surface area contributed by atoms with Crippen molar-refractivity contribution >= 4 is 16.9 Å². The van der Waals surface area contributed by atoms with Crippen molar-refractivity contribution in [2.45, 2.75) is 32.9 Å². The molecule has 0 fully saturated rings. The molecule has 0 saturated carbocycles. The molecule has 0 amide bonds. The van der Waals surface area contributed by atoms with Gasteiger partial charge in [-0.05, 0) is 45.5 Å². The van der Waals surface area contributed by atoms with Gasteiger partial charge in [0.1, 0.15) is 22.6 Å². The Morgan fingerprint density at radius 1 is 1.12 bits per heavy atom. The van der Waals surface area contributed by atoms with E-state index >= 15 is 0 Å².